The second kappa shape index (κ2) is 16.2. The van der Waals surface area contributed by atoms with Crippen LogP contribution in [-0.4, -0.2) is 100 Å². The molecule has 220 valence electrons. The van der Waals surface area contributed by atoms with Gasteiger partial charge < -0.3 is 47.6 Å². The first-order chi connectivity index (χ1) is 18.3. The number of carboxylic acid groups (broad SMARTS) is 2. The van der Waals surface area contributed by atoms with E-state index in [1.54, 1.807) is 13.8 Å². The zero-order chi connectivity index (χ0) is 29.7. The van der Waals surface area contributed by atoms with Crippen LogP contribution in [-0.2, 0) is 33.6 Å². The Labute approximate surface area is 224 Å². The summed E-state index contributed by atoms with van der Waals surface area (Å²) in [5, 5.41) is 39.8. The number of aliphatic hydroxyl groups is 1. The van der Waals surface area contributed by atoms with Crippen molar-refractivity contribution in [3.8, 4) is 0 Å². The van der Waals surface area contributed by atoms with Crippen molar-refractivity contribution in [3.05, 3.63) is 0 Å². The number of aliphatic hydroxyl groups excluding tert-OH is 1. The largest absolute Gasteiger partial charge is 0.481 e. The van der Waals surface area contributed by atoms with E-state index >= 15 is 0 Å². The van der Waals surface area contributed by atoms with Gasteiger partial charge in [0.15, 0.2) is 0 Å². The van der Waals surface area contributed by atoms with E-state index in [4.69, 9.17) is 5.73 Å². The van der Waals surface area contributed by atoms with Crippen molar-refractivity contribution < 1.29 is 48.9 Å². The minimum atomic E-state index is -1.74. The number of rotatable bonds is 11. The average Bonchev–Trinajstić information content (AvgIpc) is 2.87. The standard InChI is InChI=1S/C23H38N6O10/c1-3-11(2)18-23(39)27-14(9-17(33)34)21(37)26-13(8-16(31)32)20(36)25-12(6-4-5-7-24)19(35)28-15(10-30)22(38)29-18/h11-15,18,30H,3-10,24H2,1-2H3,(H,25,36)(H,26,37)(H,27,39)(H,28,35)(H,29,38)(H,31,32)(H,33,34)/t11-,12-,13-,14-,15-,18-/m0/s1. The molecule has 0 unspecified atom stereocenters. The van der Waals surface area contributed by atoms with Gasteiger partial charge >= 0.3 is 11.9 Å². The maximum absolute atomic E-state index is 13.1. The normalized spacial score (nSPS) is 26.1. The summed E-state index contributed by atoms with van der Waals surface area (Å²) in [5.41, 5.74) is 5.49. The van der Waals surface area contributed by atoms with Crippen LogP contribution in [0.4, 0.5) is 0 Å². The fourth-order valence-electron chi connectivity index (χ4n) is 3.76. The number of nitrogens with one attached hydrogen (secondary N) is 5. The third-order valence-electron chi connectivity index (χ3n) is 6.21. The number of amides is 5. The molecule has 0 aromatic rings. The van der Waals surface area contributed by atoms with E-state index in [0.29, 0.717) is 19.3 Å². The van der Waals surface area contributed by atoms with Crippen LogP contribution in [0.25, 0.3) is 0 Å². The number of hydrogen-bond acceptors (Lipinski definition) is 9. The molecule has 0 saturated carbocycles. The van der Waals surface area contributed by atoms with Crippen LogP contribution >= 0.6 is 0 Å². The summed E-state index contributed by atoms with van der Waals surface area (Å²) >= 11 is 0. The molecule has 6 atom stereocenters. The van der Waals surface area contributed by atoms with Gasteiger partial charge in [0, 0.05) is 0 Å². The van der Waals surface area contributed by atoms with Gasteiger partial charge in [-0.25, -0.2) is 0 Å². The van der Waals surface area contributed by atoms with E-state index in [0.717, 1.165) is 0 Å². The zero-order valence-electron chi connectivity index (χ0n) is 21.9. The number of unbranched alkanes of at least 4 members (excludes halogenated alkanes) is 1. The Morgan fingerprint density at radius 3 is 1.64 bits per heavy atom. The van der Waals surface area contributed by atoms with Crippen molar-refractivity contribution in [2.75, 3.05) is 13.2 Å². The molecule has 0 bridgehead atoms. The minimum absolute atomic E-state index is 0.0272. The molecule has 0 radical (unpaired) electrons. The van der Waals surface area contributed by atoms with E-state index in [1.807, 2.05) is 0 Å². The summed E-state index contributed by atoms with van der Waals surface area (Å²) in [6, 6.07) is -7.60. The molecule has 0 aromatic heterocycles. The van der Waals surface area contributed by atoms with Gasteiger partial charge in [-0.1, -0.05) is 20.3 Å². The number of nitrogens with two attached hydrogens (primary N) is 1. The molecule has 1 aliphatic rings. The molecule has 0 aromatic carbocycles. The molecule has 5 amide bonds. The van der Waals surface area contributed by atoms with E-state index in [2.05, 4.69) is 26.6 Å². The Balaban J connectivity index is 3.56. The maximum atomic E-state index is 13.1. The summed E-state index contributed by atoms with van der Waals surface area (Å²) in [7, 11) is 0. The van der Waals surface area contributed by atoms with E-state index in [9.17, 15) is 48.9 Å². The predicted octanol–water partition coefficient (Wildman–Crippen LogP) is -3.46. The van der Waals surface area contributed by atoms with Gasteiger partial charge in [-0.2, -0.15) is 0 Å². The van der Waals surface area contributed by atoms with Crippen LogP contribution in [0.15, 0.2) is 0 Å². The first-order valence-electron chi connectivity index (χ1n) is 12.6. The minimum Gasteiger partial charge on any atom is -0.481 e. The Bertz CT molecular complexity index is 929. The molecule has 1 rings (SSSR count). The van der Waals surface area contributed by atoms with Crippen LogP contribution in [0.3, 0.4) is 0 Å². The number of hydrogen-bond donors (Lipinski definition) is 9. The molecule has 10 N–H and O–H groups in total. The number of carbonyl (C=O) groups excluding carboxylic acids is 5. The van der Waals surface area contributed by atoms with Crippen LogP contribution in [0.1, 0.15) is 52.4 Å². The molecule has 39 heavy (non-hydrogen) atoms. The Morgan fingerprint density at radius 2 is 1.18 bits per heavy atom. The molecular formula is C23H38N6O10. The summed E-state index contributed by atoms with van der Waals surface area (Å²) in [4.78, 5) is 87.8. The summed E-state index contributed by atoms with van der Waals surface area (Å²) < 4.78 is 0. The van der Waals surface area contributed by atoms with Gasteiger partial charge in [0.05, 0.1) is 19.4 Å². The van der Waals surface area contributed by atoms with Gasteiger partial charge in [0.2, 0.25) is 29.5 Å². The molecule has 16 nitrogen and oxygen atoms in total. The van der Waals surface area contributed by atoms with Crippen molar-refractivity contribution in [3.63, 3.8) is 0 Å². The summed E-state index contributed by atoms with van der Waals surface area (Å²) in [6.07, 6.45) is -0.611. The van der Waals surface area contributed by atoms with Crippen molar-refractivity contribution in [1.82, 2.24) is 26.6 Å². The number of aliphatic carboxylic acids is 2. The fraction of sp³-hybridized carbons (Fsp3) is 0.696. The molecule has 1 fully saturated rings. The Hall–Kier alpha value is -3.79. The average molecular weight is 559 g/mol. The van der Waals surface area contributed by atoms with Gasteiger partial charge in [-0.15, -0.1) is 0 Å². The third kappa shape index (κ3) is 10.8. The van der Waals surface area contributed by atoms with Crippen LogP contribution in [0, 0.1) is 5.92 Å². The highest BCUT2D eigenvalue weighted by molar-refractivity contribution is 5.99. The van der Waals surface area contributed by atoms with Crippen molar-refractivity contribution >= 4 is 41.5 Å². The lowest BCUT2D eigenvalue weighted by atomic mass is 9.97. The van der Waals surface area contributed by atoms with Crippen molar-refractivity contribution in [2.45, 2.75) is 82.6 Å². The predicted molar refractivity (Wildman–Crippen MR) is 134 cm³/mol. The third-order valence-corrected chi connectivity index (χ3v) is 6.21. The Kier molecular flexibility index (Phi) is 13.8. The lowest BCUT2D eigenvalue weighted by Crippen LogP contribution is -2.60. The quantitative estimate of drug-likeness (QED) is 0.112. The highest BCUT2D eigenvalue weighted by atomic mass is 16.4. The van der Waals surface area contributed by atoms with E-state index in [-0.39, 0.29) is 13.0 Å². The van der Waals surface area contributed by atoms with E-state index in [1.165, 1.54) is 0 Å². The Morgan fingerprint density at radius 1 is 0.744 bits per heavy atom. The van der Waals surface area contributed by atoms with Crippen LogP contribution in [0.5, 0.6) is 0 Å². The van der Waals surface area contributed by atoms with Crippen LogP contribution < -0.4 is 32.3 Å². The van der Waals surface area contributed by atoms with Gasteiger partial charge in [-0.3, -0.25) is 33.6 Å². The second-order valence-electron chi connectivity index (χ2n) is 9.28. The lowest BCUT2D eigenvalue weighted by Gasteiger charge is -2.27. The fourth-order valence-corrected chi connectivity index (χ4v) is 3.76. The topological polar surface area (TPSA) is 266 Å². The number of carboxylic acids is 2. The summed E-state index contributed by atoms with van der Waals surface area (Å²) in [6.45, 7) is 2.74. The highest BCUT2D eigenvalue weighted by Crippen LogP contribution is 2.11. The number of carbonyl (C=O) groups is 7. The molecule has 1 aliphatic heterocycles. The van der Waals surface area contributed by atoms with Crippen molar-refractivity contribution in [1.29, 1.82) is 0 Å². The second-order valence-corrected chi connectivity index (χ2v) is 9.28. The van der Waals surface area contributed by atoms with Crippen molar-refractivity contribution in [2.24, 2.45) is 11.7 Å². The molecular weight excluding hydrogens is 520 g/mol. The zero-order valence-corrected chi connectivity index (χ0v) is 21.9. The molecule has 1 heterocycles. The summed E-state index contributed by atoms with van der Waals surface area (Å²) in [5.74, 6) is -8.47. The maximum Gasteiger partial charge on any atom is 0.305 e. The monoisotopic (exact) mass is 558 g/mol. The smallest absolute Gasteiger partial charge is 0.305 e. The first-order valence-corrected chi connectivity index (χ1v) is 12.6. The molecule has 1 saturated heterocycles. The van der Waals surface area contributed by atoms with E-state index < -0.39 is 97.1 Å². The molecule has 0 spiro atoms. The SMILES string of the molecule is CC[C@H](C)[C@@H]1NC(=O)[C@H](CO)NC(=O)[C@H](CCCCN)NC(=O)[C@H](CC(=O)O)NC(=O)[C@H](CC(=O)O)NC1=O. The molecule has 16 heteroatoms. The van der Waals surface area contributed by atoms with Gasteiger partial charge in [-0.05, 0) is 31.7 Å². The first kappa shape index (κ1) is 33.2. The molecule has 0 aliphatic carbocycles. The van der Waals surface area contributed by atoms with Gasteiger partial charge in [0.1, 0.15) is 30.2 Å². The van der Waals surface area contributed by atoms with Crippen LogP contribution in [0.2, 0.25) is 0 Å². The lowest BCUT2D eigenvalue weighted by molar-refractivity contribution is -0.143. The van der Waals surface area contributed by atoms with Gasteiger partial charge in [0.25, 0.3) is 0 Å². The highest BCUT2D eigenvalue weighted by Gasteiger charge is 2.36.